The van der Waals surface area contributed by atoms with Gasteiger partial charge in [-0.25, -0.2) is 0 Å². The van der Waals surface area contributed by atoms with Crippen molar-refractivity contribution in [3.63, 3.8) is 0 Å². The molecule has 2 atom stereocenters. The van der Waals surface area contributed by atoms with E-state index in [1.54, 1.807) is 0 Å². The first kappa shape index (κ1) is 46.9. The number of hydrogen-bond acceptors (Lipinski definition) is 13. The summed E-state index contributed by atoms with van der Waals surface area (Å²) in [6.07, 6.45) is 7.57. The number of unbranched alkanes of at least 4 members (excludes halogenated alkanes) is 4. The molecule has 0 N–H and O–H groups in total. The van der Waals surface area contributed by atoms with Crippen LogP contribution in [0.5, 0.6) is 0 Å². The van der Waals surface area contributed by atoms with E-state index in [1.807, 2.05) is 13.8 Å². The van der Waals surface area contributed by atoms with Gasteiger partial charge in [-0.2, -0.15) is 0 Å². The van der Waals surface area contributed by atoms with Gasteiger partial charge in [0.25, 0.3) is 0 Å². The van der Waals surface area contributed by atoms with E-state index in [0.29, 0.717) is 50.1 Å². The van der Waals surface area contributed by atoms with Gasteiger partial charge in [0, 0.05) is 0 Å². The molecule has 6 fully saturated rings. The van der Waals surface area contributed by atoms with Gasteiger partial charge < -0.3 is 0 Å². The maximum absolute atomic E-state index is 14.4. The van der Waals surface area contributed by atoms with Crippen molar-refractivity contribution in [1.29, 1.82) is 0 Å². The van der Waals surface area contributed by atoms with E-state index >= 15 is 0 Å². The molecule has 0 spiro atoms. The molecule has 4 bridgehead atoms. The van der Waals surface area contributed by atoms with Crippen LogP contribution >= 0.6 is 0 Å². The normalized spacial score (nSPS) is 28.1. The van der Waals surface area contributed by atoms with Crippen LogP contribution in [0.3, 0.4) is 0 Å². The molecular weight excluding hydrogens is 1020 g/mol. The first-order valence-electron chi connectivity index (χ1n) is 21.0. The van der Waals surface area contributed by atoms with Crippen LogP contribution in [0, 0.1) is 11.8 Å². The summed E-state index contributed by atoms with van der Waals surface area (Å²) in [7, 11) is 0. The zero-order valence-corrected chi connectivity index (χ0v) is 43.8. The Balaban J connectivity index is 1.59. The Hall–Kier alpha value is 1.26. The topological polar surface area (TPSA) is 124 Å². The average molecular weight is 1090 g/mol. The van der Waals surface area contributed by atoms with Gasteiger partial charge in [0.2, 0.25) is 0 Å². The van der Waals surface area contributed by atoms with Gasteiger partial charge >= 0.3 is 340 Å². The Morgan fingerprint density at radius 1 is 0.528 bits per heavy atom. The predicted octanol–water partition coefficient (Wildman–Crippen LogP) is 6.08. The maximum atomic E-state index is 14.4. The summed E-state index contributed by atoms with van der Waals surface area (Å²) in [6, 6.07) is 0. The second kappa shape index (κ2) is 23.8. The molecule has 6 aliphatic heterocycles. The van der Waals surface area contributed by atoms with Gasteiger partial charge in [0.15, 0.2) is 0 Å². The summed E-state index contributed by atoms with van der Waals surface area (Å²) in [6.45, 7) is 21.1. The van der Waals surface area contributed by atoms with Crippen LogP contribution in [-0.4, -0.2) is 168 Å². The molecule has 6 rings (SSSR count). The summed E-state index contributed by atoms with van der Waals surface area (Å²) >= 11 is -15.9. The van der Waals surface area contributed by atoms with Gasteiger partial charge in [0.05, 0.1) is 0 Å². The molecule has 2 unspecified atom stereocenters. The van der Waals surface area contributed by atoms with Crippen LogP contribution in [0.4, 0.5) is 0 Å². The fourth-order valence-corrected chi connectivity index (χ4v) is 60.8. The van der Waals surface area contributed by atoms with Crippen LogP contribution in [0.2, 0.25) is 28.3 Å². The van der Waals surface area contributed by atoms with Crippen molar-refractivity contribution < 1.29 is 39.7 Å². The van der Waals surface area contributed by atoms with Crippen LogP contribution in [-0.2, 0) is 39.7 Å². The van der Waals surface area contributed by atoms with Crippen molar-refractivity contribution in [2.24, 2.45) is 11.8 Å². The fraction of sp³-hybridized carbons (Fsp3) is 0.944. The standard InChI is InChI=1S/2C10H19GeNO5.4C4H9.O.2Sn/c2*1-9(10(13)14)8-11-15-5-2-12(3-6-16-11)4-7-17-11;4*1-3-4-2;;;/h2*9H,2-8H2,1H3,(H,13,14);4*1,3-4H2,2H3;;;/q;;;;;;;2*+1/p-2. The molecule has 13 nitrogen and oxygen atoms in total. The number of carbonyl (C=O) groups excluding carboxylic acids is 2. The third-order valence-electron chi connectivity index (χ3n) is 10.9. The number of fused-ring (bicyclic) bond motifs is 12. The van der Waals surface area contributed by atoms with Crippen molar-refractivity contribution >= 4 is 78.9 Å². The SMILES string of the molecule is CCC[CH2][Sn]([CH2]CCC)([O]C(=O)C(C)[CH2][Ge]12[O]CCN(CC[O]1)CC[O]2)[O][Sn]([CH2]CCC)([CH2]CCC)[O]C(=O)C(C)[CH2][Ge]12[O]CCN(CC[O]1)CC[O]2. The molecule has 6 heterocycles. The first-order chi connectivity index (χ1) is 25.5. The summed E-state index contributed by atoms with van der Waals surface area (Å²) in [5, 5.41) is 0.873. The van der Waals surface area contributed by atoms with Gasteiger partial charge in [0.1, 0.15) is 0 Å². The molecule has 6 aliphatic rings. The molecule has 0 radical (unpaired) electrons. The average Bonchev–Trinajstić information content (AvgIpc) is 3.08. The quantitative estimate of drug-likeness (QED) is 0.117. The summed E-state index contributed by atoms with van der Waals surface area (Å²) in [5.41, 5.74) is 0. The third kappa shape index (κ3) is 14.8. The molecule has 308 valence electrons. The van der Waals surface area contributed by atoms with E-state index in [2.05, 4.69) is 37.5 Å². The van der Waals surface area contributed by atoms with Crippen molar-refractivity contribution in [1.82, 2.24) is 9.80 Å². The summed E-state index contributed by atoms with van der Waals surface area (Å²) in [4.78, 5) is 33.3. The molecule has 0 aromatic heterocycles. The predicted molar refractivity (Wildman–Crippen MR) is 212 cm³/mol. The van der Waals surface area contributed by atoms with E-state index in [0.717, 1.165) is 108 Å². The van der Waals surface area contributed by atoms with E-state index in [1.165, 1.54) is 0 Å². The number of carbonyl (C=O) groups is 2. The Kier molecular flexibility index (Phi) is 21.0. The zero-order valence-electron chi connectivity index (χ0n) is 33.9. The van der Waals surface area contributed by atoms with Gasteiger partial charge in [-0.15, -0.1) is 0 Å². The van der Waals surface area contributed by atoms with Crippen LogP contribution in [0.1, 0.15) is 92.9 Å². The second-order valence-electron chi connectivity index (χ2n) is 15.5. The van der Waals surface area contributed by atoms with Crippen LogP contribution < -0.4 is 0 Å². The number of hydrogen-bond donors (Lipinski definition) is 0. The third-order valence-corrected chi connectivity index (χ3v) is 56.0. The Morgan fingerprint density at radius 3 is 1.04 bits per heavy atom. The molecule has 0 saturated carbocycles. The van der Waals surface area contributed by atoms with Crippen molar-refractivity contribution in [2.45, 2.75) is 121 Å². The zero-order chi connectivity index (χ0) is 38.2. The van der Waals surface area contributed by atoms with Crippen LogP contribution in [0.25, 0.3) is 0 Å². The van der Waals surface area contributed by atoms with Crippen LogP contribution in [0.15, 0.2) is 0 Å². The second-order valence-corrected chi connectivity index (χ2v) is 48.4. The molecule has 6 saturated heterocycles. The first-order valence-corrected chi connectivity index (χ1v) is 41.8. The molecule has 53 heavy (non-hydrogen) atoms. The van der Waals surface area contributed by atoms with E-state index in [4.69, 9.17) is 30.1 Å². The molecule has 0 aliphatic carbocycles. The van der Waals surface area contributed by atoms with Crippen molar-refractivity contribution in [3.05, 3.63) is 0 Å². The Bertz CT molecular complexity index is 965. The fourth-order valence-electron chi connectivity index (χ4n) is 7.56. The van der Waals surface area contributed by atoms with Gasteiger partial charge in [-0.1, -0.05) is 0 Å². The van der Waals surface area contributed by atoms with E-state index in [-0.39, 0.29) is 11.9 Å². The van der Waals surface area contributed by atoms with Gasteiger partial charge in [-0.3, -0.25) is 0 Å². The van der Waals surface area contributed by atoms with Crippen molar-refractivity contribution in [2.75, 3.05) is 78.9 Å². The van der Waals surface area contributed by atoms with E-state index < -0.39 is 78.8 Å². The summed E-state index contributed by atoms with van der Waals surface area (Å²) in [5.74, 6) is -1.36. The molecule has 0 aromatic rings. The minimum absolute atomic E-state index is 0.230. The minimum atomic E-state index is -4.24. The van der Waals surface area contributed by atoms with E-state index in [9.17, 15) is 9.59 Å². The summed E-state index contributed by atoms with van der Waals surface area (Å²) < 4.78 is 62.7. The number of rotatable bonds is 22. The Morgan fingerprint density at radius 2 is 0.792 bits per heavy atom. The molecule has 0 aromatic carbocycles. The van der Waals surface area contributed by atoms with Gasteiger partial charge in [-0.05, 0) is 0 Å². The monoisotopic (exact) mass is 1100 g/mol. The number of nitrogens with zero attached hydrogens (tertiary/aromatic N) is 2. The Labute approximate surface area is 337 Å². The van der Waals surface area contributed by atoms with Crippen molar-refractivity contribution in [3.8, 4) is 0 Å². The molecule has 0 amide bonds. The molecular formula is C36H72Ge2N2O11Sn2. The molecule has 17 heteroatoms.